The van der Waals surface area contributed by atoms with Crippen LogP contribution in [0.2, 0.25) is 5.02 Å². The third kappa shape index (κ3) is 4.66. The smallest absolute Gasteiger partial charge is 0.243 e. The van der Waals surface area contributed by atoms with Gasteiger partial charge in [-0.2, -0.15) is 4.31 Å². The lowest BCUT2D eigenvalue weighted by Crippen LogP contribution is -2.35. The molecule has 0 radical (unpaired) electrons. The molecular weight excluding hydrogens is 451 g/mol. The van der Waals surface area contributed by atoms with Gasteiger partial charge in [0.05, 0.1) is 17.1 Å². The Morgan fingerprint density at radius 2 is 1.78 bits per heavy atom. The second-order valence-electron chi connectivity index (χ2n) is 4.74. The van der Waals surface area contributed by atoms with Crippen LogP contribution in [0.1, 0.15) is 0 Å². The summed E-state index contributed by atoms with van der Waals surface area (Å²) in [6.45, 7) is -0.282. The van der Waals surface area contributed by atoms with Crippen molar-refractivity contribution in [2.75, 3.05) is 18.9 Å². The maximum absolute atomic E-state index is 12.4. The van der Waals surface area contributed by atoms with E-state index in [9.17, 15) is 13.2 Å². The van der Waals surface area contributed by atoms with Crippen LogP contribution in [0.5, 0.6) is 0 Å². The highest BCUT2D eigenvalue weighted by atomic mass is 127. The van der Waals surface area contributed by atoms with Crippen molar-refractivity contribution in [2.24, 2.45) is 0 Å². The first-order valence-corrected chi connectivity index (χ1v) is 9.46. The molecule has 0 spiro atoms. The highest BCUT2D eigenvalue weighted by Gasteiger charge is 2.23. The molecule has 2 aromatic carbocycles. The highest BCUT2D eigenvalue weighted by Crippen LogP contribution is 2.19. The van der Waals surface area contributed by atoms with Crippen LogP contribution in [-0.2, 0) is 14.8 Å². The van der Waals surface area contributed by atoms with Gasteiger partial charge >= 0.3 is 0 Å². The van der Waals surface area contributed by atoms with E-state index in [-0.39, 0.29) is 11.4 Å². The number of nitrogens with zero attached hydrogens (tertiary/aromatic N) is 1. The van der Waals surface area contributed by atoms with Crippen molar-refractivity contribution in [2.45, 2.75) is 4.90 Å². The molecule has 5 nitrogen and oxygen atoms in total. The summed E-state index contributed by atoms with van der Waals surface area (Å²) in [5.74, 6) is -0.408. The Bertz CT molecular complexity index is 810. The van der Waals surface area contributed by atoms with Gasteiger partial charge in [0.2, 0.25) is 15.9 Å². The van der Waals surface area contributed by atoms with E-state index in [0.717, 1.165) is 7.88 Å². The zero-order valence-corrected chi connectivity index (χ0v) is 15.9. The lowest BCUT2D eigenvalue weighted by molar-refractivity contribution is -0.116. The highest BCUT2D eigenvalue weighted by molar-refractivity contribution is 14.1. The Balaban J connectivity index is 2.08. The summed E-state index contributed by atoms with van der Waals surface area (Å²) < 4.78 is 26.7. The van der Waals surface area contributed by atoms with Crippen molar-refractivity contribution in [3.8, 4) is 0 Å². The minimum absolute atomic E-state index is 0.0893. The lowest BCUT2D eigenvalue weighted by atomic mass is 10.3. The molecular formula is C15H14ClIN2O3S. The molecule has 0 aliphatic carbocycles. The number of carbonyl (C=O) groups is 1. The molecule has 1 amide bonds. The third-order valence-electron chi connectivity index (χ3n) is 3.04. The Morgan fingerprint density at radius 1 is 1.17 bits per heavy atom. The fourth-order valence-electron chi connectivity index (χ4n) is 1.83. The first-order chi connectivity index (χ1) is 10.8. The Labute approximate surface area is 153 Å². The number of rotatable bonds is 5. The maximum atomic E-state index is 12.4. The molecule has 0 unspecified atom stereocenters. The number of para-hydroxylation sites is 1. The van der Waals surface area contributed by atoms with Crippen LogP contribution < -0.4 is 5.32 Å². The van der Waals surface area contributed by atoms with E-state index in [1.165, 1.54) is 31.3 Å². The van der Waals surface area contributed by atoms with Crippen molar-refractivity contribution in [3.05, 3.63) is 57.1 Å². The van der Waals surface area contributed by atoms with Crippen molar-refractivity contribution in [3.63, 3.8) is 0 Å². The van der Waals surface area contributed by atoms with Crippen LogP contribution in [0.4, 0.5) is 5.69 Å². The van der Waals surface area contributed by atoms with Crippen LogP contribution in [-0.4, -0.2) is 32.2 Å². The van der Waals surface area contributed by atoms with E-state index in [1.54, 1.807) is 12.1 Å². The van der Waals surface area contributed by atoms with Gasteiger partial charge in [-0.3, -0.25) is 4.79 Å². The second-order valence-corrected chi connectivity index (χ2v) is 8.39. The molecule has 8 heteroatoms. The van der Waals surface area contributed by atoms with E-state index in [2.05, 4.69) is 27.9 Å². The quantitative estimate of drug-likeness (QED) is 0.691. The molecule has 23 heavy (non-hydrogen) atoms. The average Bonchev–Trinajstić information content (AvgIpc) is 2.50. The van der Waals surface area contributed by atoms with Crippen molar-refractivity contribution < 1.29 is 13.2 Å². The molecule has 0 saturated heterocycles. The van der Waals surface area contributed by atoms with E-state index in [4.69, 9.17) is 11.6 Å². The molecule has 0 aliphatic heterocycles. The van der Waals surface area contributed by atoms with Gasteiger partial charge in [-0.25, -0.2) is 8.42 Å². The number of hydrogen-bond acceptors (Lipinski definition) is 3. The number of carbonyl (C=O) groups excluding carboxylic acids is 1. The van der Waals surface area contributed by atoms with Gasteiger partial charge in [0.1, 0.15) is 0 Å². The number of likely N-dealkylation sites (N-methyl/N-ethyl adjacent to an activating group) is 1. The zero-order valence-electron chi connectivity index (χ0n) is 12.2. The van der Waals surface area contributed by atoms with Crippen LogP contribution in [0.15, 0.2) is 53.4 Å². The van der Waals surface area contributed by atoms with Gasteiger partial charge in [0.25, 0.3) is 0 Å². The molecule has 0 atom stereocenters. The number of benzene rings is 2. The Hall–Kier alpha value is -1.16. The molecule has 0 fully saturated rings. The molecule has 0 saturated carbocycles. The van der Waals surface area contributed by atoms with Crippen molar-refractivity contribution in [1.82, 2.24) is 4.31 Å². The largest absolute Gasteiger partial charge is 0.324 e. The minimum Gasteiger partial charge on any atom is -0.324 e. The number of amides is 1. The van der Waals surface area contributed by atoms with Gasteiger partial charge in [-0.15, -0.1) is 0 Å². The second kappa shape index (κ2) is 7.61. The number of nitrogens with one attached hydrogen (secondary N) is 1. The van der Waals surface area contributed by atoms with Crippen LogP contribution in [0.3, 0.4) is 0 Å². The predicted octanol–water partition coefficient (Wildman–Crippen LogP) is 3.20. The van der Waals surface area contributed by atoms with Crippen molar-refractivity contribution in [1.29, 1.82) is 0 Å². The van der Waals surface area contributed by atoms with Gasteiger partial charge < -0.3 is 5.32 Å². The predicted molar refractivity (Wildman–Crippen MR) is 99.1 cm³/mol. The molecule has 0 bridgehead atoms. The SMILES string of the molecule is CN(CC(=O)Nc1ccccc1I)S(=O)(=O)c1ccc(Cl)cc1. The van der Waals surface area contributed by atoms with E-state index in [0.29, 0.717) is 10.7 Å². The summed E-state index contributed by atoms with van der Waals surface area (Å²) >= 11 is 7.85. The number of anilines is 1. The topological polar surface area (TPSA) is 66.5 Å². The number of halogens is 2. The molecule has 2 rings (SSSR count). The summed E-state index contributed by atoms with van der Waals surface area (Å²) in [7, 11) is -2.38. The average molecular weight is 465 g/mol. The monoisotopic (exact) mass is 464 g/mol. The Kier molecular flexibility index (Phi) is 6.01. The number of hydrogen-bond donors (Lipinski definition) is 1. The fraction of sp³-hybridized carbons (Fsp3) is 0.133. The van der Waals surface area contributed by atoms with E-state index in [1.807, 2.05) is 12.1 Å². The zero-order chi connectivity index (χ0) is 17.0. The van der Waals surface area contributed by atoms with E-state index < -0.39 is 15.9 Å². The van der Waals surface area contributed by atoms with Crippen LogP contribution in [0, 0.1) is 3.57 Å². The summed E-state index contributed by atoms with van der Waals surface area (Å²) in [4.78, 5) is 12.2. The van der Waals surface area contributed by atoms with Gasteiger partial charge in [0, 0.05) is 15.6 Å². The minimum atomic E-state index is -3.74. The molecule has 0 aromatic heterocycles. The Morgan fingerprint density at radius 3 is 2.39 bits per heavy atom. The first kappa shape index (κ1) is 18.2. The summed E-state index contributed by atoms with van der Waals surface area (Å²) in [6, 6.07) is 13.1. The third-order valence-corrected chi connectivity index (χ3v) is 6.05. The normalized spacial score (nSPS) is 11.5. The molecule has 1 N–H and O–H groups in total. The number of sulfonamides is 1. The molecule has 0 heterocycles. The maximum Gasteiger partial charge on any atom is 0.243 e. The summed E-state index contributed by atoms with van der Waals surface area (Å²) in [5, 5.41) is 3.15. The van der Waals surface area contributed by atoms with Crippen molar-refractivity contribution >= 4 is 55.8 Å². The molecule has 2 aromatic rings. The summed E-state index contributed by atoms with van der Waals surface area (Å²) in [6.07, 6.45) is 0. The summed E-state index contributed by atoms with van der Waals surface area (Å²) in [5.41, 5.74) is 0.649. The van der Waals surface area contributed by atoms with E-state index >= 15 is 0 Å². The molecule has 0 aliphatic rings. The lowest BCUT2D eigenvalue weighted by Gasteiger charge is -2.17. The van der Waals surface area contributed by atoms with Crippen LogP contribution in [0.25, 0.3) is 0 Å². The van der Waals surface area contributed by atoms with Crippen LogP contribution >= 0.6 is 34.2 Å². The van der Waals surface area contributed by atoms with Gasteiger partial charge in [-0.1, -0.05) is 23.7 Å². The molecule has 122 valence electrons. The fourth-order valence-corrected chi connectivity index (χ4v) is 3.60. The van der Waals surface area contributed by atoms with Gasteiger partial charge in [-0.05, 0) is 59.0 Å². The standard InChI is InChI=1S/C15H14ClIN2O3S/c1-19(23(21,22)12-8-6-11(16)7-9-12)10-15(20)18-14-5-3-2-4-13(14)17/h2-9H,10H2,1H3,(H,18,20). The first-order valence-electron chi connectivity index (χ1n) is 6.57. The van der Waals surface area contributed by atoms with Gasteiger partial charge in [0.15, 0.2) is 0 Å².